The SMILES string of the molecule is Fc1ccc(S)cc1.c1ccc2ncc(Nc3nccc4c3CCNC4)cc2c1. The van der Waals surface area contributed by atoms with Gasteiger partial charge in [-0.2, -0.15) is 0 Å². The van der Waals surface area contributed by atoms with Crippen molar-refractivity contribution in [2.24, 2.45) is 0 Å². The number of nitrogens with one attached hydrogen (secondary N) is 2. The van der Waals surface area contributed by atoms with E-state index in [2.05, 4.69) is 51.4 Å². The maximum atomic E-state index is 12.1. The molecule has 0 saturated carbocycles. The largest absolute Gasteiger partial charge is 0.339 e. The molecule has 1 aliphatic heterocycles. The molecule has 0 aliphatic carbocycles. The number of hydrogen-bond donors (Lipinski definition) is 3. The lowest BCUT2D eigenvalue weighted by Gasteiger charge is -2.20. The predicted molar refractivity (Wildman–Crippen MR) is 118 cm³/mol. The Bertz CT molecular complexity index is 1090. The molecule has 146 valence electrons. The molecule has 0 amide bonds. The van der Waals surface area contributed by atoms with Gasteiger partial charge in [0.25, 0.3) is 0 Å². The van der Waals surface area contributed by atoms with Crippen molar-refractivity contribution >= 4 is 35.0 Å². The molecule has 0 fully saturated rings. The molecule has 5 rings (SSSR count). The number of aromatic nitrogens is 2. The molecule has 0 spiro atoms. The van der Waals surface area contributed by atoms with Gasteiger partial charge in [-0.05, 0) is 61.0 Å². The molecular formula is C23H21FN4S. The second-order valence-electron chi connectivity index (χ2n) is 6.74. The number of nitrogens with zero attached hydrogens (tertiary/aromatic N) is 2. The highest BCUT2D eigenvalue weighted by Gasteiger charge is 2.13. The summed E-state index contributed by atoms with van der Waals surface area (Å²) >= 11 is 3.97. The van der Waals surface area contributed by atoms with E-state index in [1.807, 2.05) is 30.6 Å². The first kappa shape index (κ1) is 19.4. The van der Waals surface area contributed by atoms with Gasteiger partial charge in [-0.1, -0.05) is 18.2 Å². The number of pyridine rings is 2. The topological polar surface area (TPSA) is 49.8 Å². The van der Waals surface area contributed by atoms with Crippen LogP contribution in [-0.4, -0.2) is 16.5 Å². The smallest absolute Gasteiger partial charge is 0.133 e. The molecule has 0 saturated heterocycles. The van der Waals surface area contributed by atoms with Gasteiger partial charge >= 0.3 is 0 Å². The number of halogens is 1. The van der Waals surface area contributed by atoms with Crippen molar-refractivity contribution in [1.29, 1.82) is 0 Å². The van der Waals surface area contributed by atoms with Crippen LogP contribution in [0.4, 0.5) is 15.9 Å². The summed E-state index contributed by atoms with van der Waals surface area (Å²) in [6, 6.07) is 18.3. The molecule has 2 aromatic heterocycles. The second kappa shape index (κ2) is 9.03. The summed E-state index contributed by atoms with van der Waals surface area (Å²) in [4.78, 5) is 9.77. The molecule has 1 aliphatic rings. The third-order valence-electron chi connectivity index (χ3n) is 4.70. The van der Waals surface area contributed by atoms with Gasteiger partial charge in [-0.15, -0.1) is 12.6 Å². The van der Waals surface area contributed by atoms with Gasteiger partial charge in [0.05, 0.1) is 17.4 Å². The predicted octanol–water partition coefficient (Wildman–Crippen LogP) is 5.13. The zero-order valence-electron chi connectivity index (χ0n) is 15.8. The van der Waals surface area contributed by atoms with Crippen molar-refractivity contribution in [2.45, 2.75) is 17.9 Å². The highest BCUT2D eigenvalue weighted by atomic mass is 32.1. The molecule has 2 aromatic carbocycles. The summed E-state index contributed by atoms with van der Waals surface area (Å²) in [5.74, 6) is 0.730. The Morgan fingerprint density at radius 2 is 1.83 bits per heavy atom. The normalized spacial score (nSPS) is 12.6. The molecule has 6 heteroatoms. The Kier molecular flexibility index (Phi) is 6.03. The molecule has 4 nitrogen and oxygen atoms in total. The minimum Gasteiger partial charge on any atom is -0.339 e. The fourth-order valence-electron chi connectivity index (χ4n) is 3.24. The zero-order valence-corrected chi connectivity index (χ0v) is 16.7. The number of fused-ring (bicyclic) bond motifs is 2. The minimum absolute atomic E-state index is 0.220. The van der Waals surface area contributed by atoms with Crippen LogP contribution in [0.15, 0.2) is 78.0 Å². The van der Waals surface area contributed by atoms with E-state index in [9.17, 15) is 4.39 Å². The standard InChI is InChI=1S/C17H16N4.C6H5FS/c1-2-4-16-12(3-1)9-14(11-20-16)21-17-15-6-7-18-10-13(15)5-8-19-17;7-5-1-3-6(8)4-2-5/h1-5,8-9,11,18H,6-7,10H2,(H,19,21);1-4,8H. The third-order valence-corrected chi connectivity index (χ3v) is 5.00. The maximum Gasteiger partial charge on any atom is 0.133 e. The van der Waals surface area contributed by atoms with E-state index >= 15 is 0 Å². The van der Waals surface area contributed by atoms with Crippen molar-refractivity contribution in [1.82, 2.24) is 15.3 Å². The van der Waals surface area contributed by atoms with E-state index in [0.717, 1.165) is 46.8 Å². The summed E-state index contributed by atoms with van der Waals surface area (Å²) in [5.41, 5.74) is 4.63. The van der Waals surface area contributed by atoms with Gasteiger partial charge in [0.1, 0.15) is 11.6 Å². The van der Waals surface area contributed by atoms with Crippen LogP contribution in [0.3, 0.4) is 0 Å². The van der Waals surface area contributed by atoms with Gasteiger partial charge in [-0.25, -0.2) is 9.37 Å². The number of anilines is 2. The van der Waals surface area contributed by atoms with Crippen LogP contribution in [-0.2, 0) is 13.0 Å². The van der Waals surface area contributed by atoms with Crippen molar-refractivity contribution < 1.29 is 4.39 Å². The summed E-state index contributed by atoms with van der Waals surface area (Å²) < 4.78 is 12.1. The van der Waals surface area contributed by atoms with Gasteiger partial charge in [0, 0.05) is 28.6 Å². The van der Waals surface area contributed by atoms with Gasteiger partial charge in [0.15, 0.2) is 0 Å². The average Bonchev–Trinajstić information content (AvgIpc) is 2.76. The summed E-state index contributed by atoms with van der Waals surface area (Å²) in [5, 5.41) is 7.94. The number of thiol groups is 1. The van der Waals surface area contributed by atoms with Crippen molar-refractivity contribution in [3.63, 3.8) is 0 Å². The number of hydrogen-bond acceptors (Lipinski definition) is 5. The van der Waals surface area contributed by atoms with E-state index in [0.29, 0.717) is 0 Å². The Labute approximate surface area is 174 Å². The lowest BCUT2D eigenvalue weighted by molar-refractivity contribution is 0.626. The van der Waals surface area contributed by atoms with Crippen LogP contribution in [0.2, 0.25) is 0 Å². The lowest BCUT2D eigenvalue weighted by Crippen LogP contribution is -2.24. The molecular weight excluding hydrogens is 383 g/mol. The minimum atomic E-state index is -0.220. The Morgan fingerprint density at radius 3 is 2.66 bits per heavy atom. The Morgan fingerprint density at radius 1 is 1.00 bits per heavy atom. The lowest BCUT2D eigenvalue weighted by atomic mass is 10.0. The highest BCUT2D eigenvalue weighted by molar-refractivity contribution is 7.80. The van der Waals surface area contributed by atoms with Crippen molar-refractivity contribution in [3.05, 3.63) is 90.0 Å². The van der Waals surface area contributed by atoms with E-state index in [4.69, 9.17) is 0 Å². The summed E-state index contributed by atoms with van der Waals surface area (Å²) in [6.07, 6.45) is 4.74. The van der Waals surface area contributed by atoms with E-state index in [1.54, 1.807) is 12.1 Å². The molecule has 2 N–H and O–H groups in total. The number of para-hydroxylation sites is 1. The van der Waals surface area contributed by atoms with Crippen LogP contribution < -0.4 is 10.6 Å². The molecule has 3 heterocycles. The van der Waals surface area contributed by atoms with E-state index < -0.39 is 0 Å². The zero-order chi connectivity index (χ0) is 20.1. The van der Waals surface area contributed by atoms with E-state index in [1.165, 1.54) is 23.3 Å². The van der Waals surface area contributed by atoms with Crippen LogP contribution in [0.5, 0.6) is 0 Å². The van der Waals surface area contributed by atoms with Gasteiger partial charge < -0.3 is 10.6 Å². The van der Waals surface area contributed by atoms with Crippen LogP contribution in [0.1, 0.15) is 11.1 Å². The van der Waals surface area contributed by atoms with Crippen LogP contribution in [0, 0.1) is 5.82 Å². The quantitative estimate of drug-likeness (QED) is 0.405. The first-order chi connectivity index (χ1) is 14.2. The maximum absolute atomic E-state index is 12.1. The first-order valence-corrected chi connectivity index (χ1v) is 9.87. The average molecular weight is 405 g/mol. The number of benzene rings is 2. The monoisotopic (exact) mass is 404 g/mol. The van der Waals surface area contributed by atoms with Gasteiger partial charge in [-0.3, -0.25) is 4.98 Å². The van der Waals surface area contributed by atoms with E-state index in [-0.39, 0.29) is 5.82 Å². The second-order valence-corrected chi connectivity index (χ2v) is 7.26. The molecule has 0 unspecified atom stereocenters. The van der Waals surface area contributed by atoms with Crippen LogP contribution in [0.25, 0.3) is 10.9 Å². The molecule has 0 atom stereocenters. The highest BCUT2D eigenvalue weighted by Crippen LogP contribution is 2.25. The summed E-state index contributed by atoms with van der Waals surface area (Å²) in [7, 11) is 0. The number of rotatable bonds is 2. The fraction of sp³-hybridized carbons (Fsp3) is 0.130. The van der Waals surface area contributed by atoms with Crippen LogP contribution >= 0.6 is 12.6 Å². The summed E-state index contributed by atoms with van der Waals surface area (Å²) in [6.45, 7) is 1.92. The molecule has 29 heavy (non-hydrogen) atoms. The molecule has 0 radical (unpaired) electrons. The first-order valence-electron chi connectivity index (χ1n) is 9.43. The molecule has 4 aromatic rings. The fourth-order valence-corrected chi connectivity index (χ4v) is 3.39. The van der Waals surface area contributed by atoms with Crippen molar-refractivity contribution in [3.8, 4) is 0 Å². The molecule has 0 bridgehead atoms. The van der Waals surface area contributed by atoms with Gasteiger partial charge in [0.2, 0.25) is 0 Å². The van der Waals surface area contributed by atoms with Crippen molar-refractivity contribution in [2.75, 3.05) is 11.9 Å². The Balaban J connectivity index is 0.000000216. The Hall–Kier alpha value is -2.96. The third kappa shape index (κ3) is 4.91.